The van der Waals surface area contributed by atoms with Gasteiger partial charge in [0.05, 0.1) is 17.6 Å². The summed E-state index contributed by atoms with van der Waals surface area (Å²) in [7, 11) is 0. The van der Waals surface area contributed by atoms with E-state index in [1.165, 1.54) is 22.2 Å². The van der Waals surface area contributed by atoms with Crippen LogP contribution in [0.5, 0.6) is 5.75 Å². The largest absolute Gasteiger partial charge is 0.494 e. The van der Waals surface area contributed by atoms with Gasteiger partial charge >= 0.3 is 0 Å². The molecule has 1 aromatic heterocycles. The van der Waals surface area contributed by atoms with Crippen molar-refractivity contribution in [3.8, 4) is 5.75 Å². The van der Waals surface area contributed by atoms with Crippen LogP contribution in [0.1, 0.15) is 62.5 Å². The van der Waals surface area contributed by atoms with E-state index in [9.17, 15) is 0 Å². The van der Waals surface area contributed by atoms with Crippen molar-refractivity contribution in [3.05, 3.63) is 95.3 Å². The van der Waals surface area contributed by atoms with Crippen molar-refractivity contribution >= 4 is 11.0 Å². The molecule has 33 heavy (non-hydrogen) atoms. The van der Waals surface area contributed by atoms with Crippen LogP contribution in [0.25, 0.3) is 11.0 Å². The quantitative estimate of drug-likeness (QED) is 0.240. The van der Waals surface area contributed by atoms with Crippen LogP contribution >= 0.6 is 0 Å². The van der Waals surface area contributed by atoms with Crippen LogP contribution in [0.15, 0.2) is 72.8 Å². The van der Waals surface area contributed by atoms with E-state index in [1.54, 1.807) is 0 Å². The highest BCUT2D eigenvalue weighted by atomic mass is 16.5. The second kappa shape index (κ2) is 10.7. The minimum atomic E-state index is 0.230. The van der Waals surface area contributed by atoms with Gasteiger partial charge in [-0.15, -0.1) is 0 Å². The molecule has 4 rings (SSSR count). The molecule has 0 radical (unpaired) electrons. The van der Waals surface area contributed by atoms with Gasteiger partial charge in [0.25, 0.3) is 0 Å². The fraction of sp³-hybridized carbons (Fsp3) is 0.367. The van der Waals surface area contributed by atoms with Crippen LogP contribution in [-0.2, 0) is 19.4 Å². The average Bonchev–Trinajstić information content (AvgIpc) is 3.20. The molecule has 0 saturated heterocycles. The highest BCUT2D eigenvalue weighted by Gasteiger charge is 2.18. The summed E-state index contributed by atoms with van der Waals surface area (Å²) in [5.41, 5.74) is 6.31. The smallest absolute Gasteiger partial charge is 0.119 e. The molecule has 0 spiro atoms. The number of imidazole rings is 1. The Morgan fingerprint density at radius 3 is 2.24 bits per heavy atom. The first kappa shape index (κ1) is 23.1. The summed E-state index contributed by atoms with van der Waals surface area (Å²) in [6, 6.07) is 26.0. The topological polar surface area (TPSA) is 27.1 Å². The van der Waals surface area contributed by atoms with E-state index in [2.05, 4.69) is 105 Å². The predicted octanol–water partition coefficient (Wildman–Crippen LogP) is 7.42. The highest BCUT2D eigenvalue weighted by molar-refractivity contribution is 5.76. The first-order valence-electron chi connectivity index (χ1n) is 12.3. The predicted molar refractivity (Wildman–Crippen MR) is 138 cm³/mol. The zero-order valence-electron chi connectivity index (χ0n) is 20.4. The molecule has 3 aromatic carbocycles. The summed E-state index contributed by atoms with van der Waals surface area (Å²) < 4.78 is 8.39. The van der Waals surface area contributed by atoms with Gasteiger partial charge in [-0.1, -0.05) is 76.2 Å². The SMILES string of the molecule is CCc1ccc(OCCCn2c(C(C)c3ccc(CC(C)C)cc3)nc3ccccc32)cc1. The maximum absolute atomic E-state index is 6.01. The van der Waals surface area contributed by atoms with E-state index in [0.717, 1.165) is 42.9 Å². The number of nitrogens with zero attached hydrogens (tertiary/aromatic N) is 2. The Balaban J connectivity index is 1.49. The molecule has 0 bridgehead atoms. The van der Waals surface area contributed by atoms with Gasteiger partial charge in [-0.25, -0.2) is 4.98 Å². The first-order chi connectivity index (χ1) is 16.0. The maximum atomic E-state index is 6.01. The molecule has 0 fully saturated rings. The van der Waals surface area contributed by atoms with Gasteiger partial charge in [0.15, 0.2) is 0 Å². The van der Waals surface area contributed by atoms with Gasteiger partial charge in [-0.2, -0.15) is 0 Å². The molecule has 1 unspecified atom stereocenters. The minimum Gasteiger partial charge on any atom is -0.494 e. The molecule has 0 amide bonds. The first-order valence-corrected chi connectivity index (χ1v) is 12.3. The third-order valence-corrected chi connectivity index (χ3v) is 6.32. The number of aryl methyl sites for hydroxylation is 2. The Kier molecular flexibility index (Phi) is 7.49. The van der Waals surface area contributed by atoms with Crippen molar-refractivity contribution in [2.45, 2.75) is 59.4 Å². The summed E-state index contributed by atoms with van der Waals surface area (Å²) in [4.78, 5) is 5.04. The second-order valence-electron chi connectivity index (χ2n) is 9.37. The molecule has 0 aliphatic carbocycles. The Labute approximate surface area is 198 Å². The monoisotopic (exact) mass is 440 g/mol. The minimum absolute atomic E-state index is 0.230. The van der Waals surface area contributed by atoms with Crippen LogP contribution in [0.2, 0.25) is 0 Å². The lowest BCUT2D eigenvalue weighted by molar-refractivity contribution is 0.301. The van der Waals surface area contributed by atoms with E-state index in [1.807, 2.05) is 0 Å². The molecule has 0 N–H and O–H groups in total. The number of ether oxygens (including phenoxy) is 1. The number of hydrogen-bond acceptors (Lipinski definition) is 2. The number of rotatable bonds is 10. The fourth-order valence-corrected chi connectivity index (χ4v) is 4.46. The third kappa shape index (κ3) is 5.65. The van der Waals surface area contributed by atoms with Gasteiger partial charge < -0.3 is 9.30 Å². The Hall–Kier alpha value is -3.07. The Bertz CT molecular complexity index is 1160. The van der Waals surface area contributed by atoms with Crippen molar-refractivity contribution in [3.63, 3.8) is 0 Å². The third-order valence-electron chi connectivity index (χ3n) is 6.32. The van der Waals surface area contributed by atoms with Crippen molar-refractivity contribution in [1.82, 2.24) is 9.55 Å². The molecule has 1 heterocycles. The number of benzene rings is 3. The van der Waals surface area contributed by atoms with Crippen molar-refractivity contribution in [2.75, 3.05) is 6.61 Å². The number of fused-ring (bicyclic) bond motifs is 1. The van der Waals surface area contributed by atoms with Gasteiger partial charge in [-0.05, 0) is 66.1 Å². The molecule has 1 atom stereocenters. The van der Waals surface area contributed by atoms with Crippen LogP contribution in [0, 0.1) is 5.92 Å². The molecular formula is C30H36N2O. The lowest BCUT2D eigenvalue weighted by Gasteiger charge is -2.16. The normalized spacial score (nSPS) is 12.4. The molecule has 3 heteroatoms. The van der Waals surface area contributed by atoms with Crippen LogP contribution in [-0.4, -0.2) is 16.2 Å². The second-order valence-corrected chi connectivity index (χ2v) is 9.37. The van der Waals surface area contributed by atoms with Crippen molar-refractivity contribution < 1.29 is 4.74 Å². The molecule has 0 saturated carbocycles. The molecule has 4 aromatic rings. The van der Waals surface area contributed by atoms with Crippen LogP contribution < -0.4 is 4.74 Å². The van der Waals surface area contributed by atoms with E-state index in [4.69, 9.17) is 9.72 Å². The number of para-hydroxylation sites is 2. The van der Waals surface area contributed by atoms with E-state index in [-0.39, 0.29) is 5.92 Å². The summed E-state index contributed by atoms with van der Waals surface area (Å²) in [5, 5.41) is 0. The van der Waals surface area contributed by atoms with Crippen molar-refractivity contribution in [1.29, 1.82) is 0 Å². The summed E-state index contributed by atoms with van der Waals surface area (Å²) in [6.07, 6.45) is 3.10. The molecular weight excluding hydrogens is 404 g/mol. The van der Waals surface area contributed by atoms with Gasteiger partial charge in [-0.3, -0.25) is 0 Å². The maximum Gasteiger partial charge on any atom is 0.119 e. The Morgan fingerprint density at radius 1 is 0.848 bits per heavy atom. The van der Waals surface area contributed by atoms with Gasteiger partial charge in [0, 0.05) is 12.5 Å². The molecule has 172 valence electrons. The lowest BCUT2D eigenvalue weighted by atomic mass is 9.96. The zero-order chi connectivity index (χ0) is 23.2. The van der Waals surface area contributed by atoms with E-state index >= 15 is 0 Å². The fourth-order valence-electron chi connectivity index (χ4n) is 4.46. The summed E-state index contributed by atoms with van der Waals surface area (Å²) >= 11 is 0. The van der Waals surface area contributed by atoms with Crippen molar-refractivity contribution in [2.24, 2.45) is 5.92 Å². The molecule has 0 aliphatic rings. The Morgan fingerprint density at radius 2 is 1.55 bits per heavy atom. The molecule has 3 nitrogen and oxygen atoms in total. The van der Waals surface area contributed by atoms with E-state index < -0.39 is 0 Å². The number of aromatic nitrogens is 2. The highest BCUT2D eigenvalue weighted by Crippen LogP contribution is 2.28. The standard InChI is InChI=1S/C30H36N2O/c1-5-24-13-17-27(18-14-24)33-20-8-19-32-29-10-7-6-9-28(29)31-30(32)23(4)26-15-11-25(12-16-26)21-22(2)3/h6-7,9-18,22-23H,5,8,19-21H2,1-4H3. The zero-order valence-corrected chi connectivity index (χ0v) is 20.4. The summed E-state index contributed by atoms with van der Waals surface area (Å²) in [6.45, 7) is 10.5. The van der Waals surface area contributed by atoms with Crippen LogP contribution in [0.3, 0.4) is 0 Å². The molecule has 0 aliphatic heterocycles. The van der Waals surface area contributed by atoms with Gasteiger partial charge in [0.1, 0.15) is 11.6 Å². The van der Waals surface area contributed by atoms with E-state index in [0.29, 0.717) is 12.5 Å². The summed E-state index contributed by atoms with van der Waals surface area (Å²) in [5.74, 6) is 2.97. The van der Waals surface area contributed by atoms with Gasteiger partial charge in [0.2, 0.25) is 0 Å². The lowest BCUT2D eigenvalue weighted by Crippen LogP contribution is -2.11. The number of hydrogen-bond donors (Lipinski definition) is 0. The average molecular weight is 441 g/mol. The van der Waals surface area contributed by atoms with Crippen LogP contribution in [0.4, 0.5) is 0 Å².